The number of likely N-dealkylation sites (N-methyl/N-ethyl adjacent to an activating group) is 1. The fourth-order valence-electron chi connectivity index (χ4n) is 2.88. The van der Waals surface area contributed by atoms with Gasteiger partial charge in [0, 0.05) is 12.1 Å². The molecule has 0 radical (unpaired) electrons. The Labute approximate surface area is 160 Å². The molecule has 1 aliphatic heterocycles. The minimum absolute atomic E-state index is 0.0765. The van der Waals surface area contributed by atoms with Gasteiger partial charge in [-0.15, -0.1) is 0 Å². The molecule has 0 spiro atoms. The van der Waals surface area contributed by atoms with Gasteiger partial charge in [0.1, 0.15) is 11.9 Å². The number of imide groups is 1. The molecule has 7 nitrogen and oxygen atoms in total. The summed E-state index contributed by atoms with van der Waals surface area (Å²) in [4.78, 5) is 50.4. The van der Waals surface area contributed by atoms with Crippen LogP contribution in [0.1, 0.15) is 44.9 Å². The molecule has 0 aliphatic carbocycles. The van der Waals surface area contributed by atoms with Crippen LogP contribution in [0.5, 0.6) is 0 Å². The maximum absolute atomic E-state index is 13.1. The van der Waals surface area contributed by atoms with E-state index < -0.39 is 29.6 Å². The molecule has 2 N–H and O–H groups in total. The van der Waals surface area contributed by atoms with Gasteiger partial charge >= 0.3 is 0 Å². The summed E-state index contributed by atoms with van der Waals surface area (Å²) >= 11 is 0. The van der Waals surface area contributed by atoms with Gasteiger partial charge < -0.3 is 10.6 Å². The number of nitrogens with zero attached hydrogens (tertiary/aromatic N) is 1. The molecule has 2 aromatic rings. The van der Waals surface area contributed by atoms with Crippen molar-refractivity contribution >= 4 is 29.3 Å². The molecule has 144 valence electrons. The van der Waals surface area contributed by atoms with E-state index in [2.05, 4.69) is 10.6 Å². The molecule has 0 fully saturated rings. The quantitative estimate of drug-likeness (QED) is 0.771. The van der Waals surface area contributed by atoms with Crippen molar-refractivity contribution in [3.63, 3.8) is 0 Å². The van der Waals surface area contributed by atoms with Gasteiger partial charge in [0.15, 0.2) is 0 Å². The van der Waals surface area contributed by atoms with Gasteiger partial charge in [0.2, 0.25) is 5.91 Å². The van der Waals surface area contributed by atoms with Gasteiger partial charge in [-0.1, -0.05) is 0 Å². The maximum atomic E-state index is 13.1. The van der Waals surface area contributed by atoms with E-state index in [9.17, 15) is 23.6 Å². The first kappa shape index (κ1) is 19.2. The number of halogens is 1. The van der Waals surface area contributed by atoms with Crippen LogP contribution in [0.3, 0.4) is 0 Å². The van der Waals surface area contributed by atoms with E-state index in [0.717, 1.165) is 17.0 Å². The molecule has 0 unspecified atom stereocenters. The number of fused-ring (bicyclic) bond motifs is 1. The van der Waals surface area contributed by atoms with Crippen molar-refractivity contribution in [2.75, 3.05) is 11.4 Å². The monoisotopic (exact) mass is 383 g/mol. The molecule has 0 aromatic heterocycles. The van der Waals surface area contributed by atoms with Gasteiger partial charge in [-0.3, -0.25) is 19.2 Å². The molecule has 1 heterocycles. The van der Waals surface area contributed by atoms with E-state index >= 15 is 0 Å². The molecule has 3 rings (SSSR count). The lowest BCUT2D eigenvalue weighted by Crippen LogP contribution is -2.44. The maximum Gasteiger partial charge on any atom is 0.266 e. The van der Waals surface area contributed by atoms with Crippen molar-refractivity contribution in [3.05, 3.63) is 65.0 Å². The summed E-state index contributed by atoms with van der Waals surface area (Å²) in [7, 11) is 0. The van der Waals surface area contributed by atoms with Crippen LogP contribution in [0.2, 0.25) is 0 Å². The molecule has 0 bridgehead atoms. The fraction of sp³-hybridized carbons (Fsp3) is 0.200. The lowest BCUT2D eigenvalue weighted by atomic mass is 10.1. The van der Waals surface area contributed by atoms with Crippen LogP contribution < -0.4 is 15.5 Å². The van der Waals surface area contributed by atoms with E-state index in [0.29, 0.717) is 6.54 Å². The lowest BCUT2D eigenvalue weighted by molar-refractivity contribution is -0.122. The number of rotatable bonds is 5. The fourth-order valence-corrected chi connectivity index (χ4v) is 2.88. The number of anilines is 1. The van der Waals surface area contributed by atoms with E-state index in [1.54, 1.807) is 13.8 Å². The van der Waals surface area contributed by atoms with E-state index in [4.69, 9.17) is 0 Å². The lowest BCUT2D eigenvalue weighted by Gasteiger charge is -2.13. The van der Waals surface area contributed by atoms with Gasteiger partial charge in [-0.2, -0.15) is 0 Å². The Hall–Kier alpha value is -3.55. The summed E-state index contributed by atoms with van der Waals surface area (Å²) < 4.78 is 13.1. The van der Waals surface area contributed by atoms with Crippen molar-refractivity contribution in [1.29, 1.82) is 0 Å². The summed E-state index contributed by atoms with van der Waals surface area (Å²) in [6.07, 6.45) is 0. The van der Waals surface area contributed by atoms with E-state index in [1.165, 1.54) is 30.3 Å². The second-order valence-electron chi connectivity index (χ2n) is 6.27. The van der Waals surface area contributed by atoms with Crippen molar-refractivity contribution in [2.24, 2.45) is 0 Å². The minimum Gasteiger partial charge on any atom is -0.355 e. The molecule has 4 amide bonds. The summed E-state index contributed by atoms with van der Waals surface area (Å²) in [6.45, 7) is 3.75. The molecular formula is C20H18FN3O4. The summed E-state index contributed by atoms with van der Waals surface area (Å²) in [5.41, 5.74) is 0.621. The minimum atomic E-state index is -0.756. The van der Waals surface area contributed by atoms with Crippen LogP contribution in [0.4, 0.5) is 10.1 Å². The van der Waals surface area contributed by atoms with Crippen LogP contribution >= 0.6 is 0 Å². The van der Waals surface area contributed by atoms with Crippen LogP contribution in [-0.2, 0) is 4.79 Å². The van der Waals surface area contributed by atoms with Gasteiger partial charge in [-0.05, 0) is 56.3 Å². The third-order valence-corrected chi connectivity index (χ3v) is 4.33. The molecule has 28 heavy (non-hydrogen) atoms. The molecular weight excluding hydrogens is 365 g/mol. The highest BCUT2D eigenvalue weighted by Crippen LogP contribution is 2.29. The largest absolute Gasteiger partial charge is 0.355 e. The zero-order valence-electron chi connectivity index (χ0n) is 15.3. The molecule has 0 saturated carbocycles. The average molecular weight is 383 g/mol. The van der Waals surface area contributed by atoms with Crippen LogP contribution in [0, 0.1) is 5.82 Å². The smallest absolute Gasteiger partial charge is 0.266 e. The van der Waals surface area contributed by atoms with Crippen molar-refractivity contribution in [1.82, 2.24) is 10.6 Å². The van der Waals surface area contributed by atoms with E-state index in [-0.39, 0.29) is 28.3 Å². The summed E-state index contributed by atoms with van der Waals surface area (Å²) in [6, 6.07) is 8.34. The first-order valence-electron chi connectivity index (χ1n) is 8.70. The number of carbonyl (C=O) groups excluding carboxylic acids is 4. The van der Waals surface area contributed by atoms with Crippen molar-refractivity contribution < 1.29 is 23.6 Å². The van der Waals surface area contributed by atoms with Crippen LogP contribution in [-0.4, -0.2) is 36.2 Å². The Morgan fingerprint density at radius 3 is 2.32 bits per heavy atom. The zero-order chi connectivity index (χ0) is 20.4. The molecule has 8 heteroatoms. The first-order chi connectivity index (χ1) is 13.3. The number of nitrogens with one attached hydrogen (secondary N) is 2. The summed E-state index contributed by atoms with van der Waals surface area (Å²) in [5.74, 6) is -2.50. The third-order valence-electron chi connectivity index (χ3n) is 4.33. The topological polar surface area (TPSA) is 95.6 Å². The van der Waals surface area contributed by atoms with Crippen LogP contribution in [0.25, 0.3) is 0 Å². The predicted octanol–water partition coefficient (Wildman–Crippen LogP) is 1.88. The molecule has 1 aliphatic rings. The number of amides is 4. The normalized spacial score (nSPS) is 13.9. The Balaban J connectivity index is 1.84. The SMILES string of the molecule is CCNC(=O)[C@H](C)NC(=O)c1ccc2c(c1)C(=O)N(c1ccc(F)cc1)C2=O. The molecule has 2 aromatic carbocycles. The van der Waals surface area contributed by atoms with E-state index in [1.807, 2.05) is 0 Å². The van der Waals surface area contributed by atoms with Gasteiger partial charge in [-0.25, -0.2) is 9.29 Å². The average Bonchev–Trinajstić information content (AvgIpc) is 2.93. The second-order valence-corrected chi connectivity index (χ2v) is 6.27. The Morgan fingerprint density at radius 1 is 1.04 bits per heavy atom. The highest BCUT2D eigenvalue weighted by atomic mass is 19.1. The Morgan fingerprint density at radius 2 is 1.68 bits per heavy atom. The first-order valence-corrected chi connectivity index (χ1v) is 8.70. The number of hydrogen-bond acceptors (Lipinski definition) is 4. The zero-order valence-corrected chi connectivity index (χ0v) is 15.3. The highest BCUT2D eigenvalue weighted by Gasteiger charge is 2.37. The van der Waals surface area contributed by atoms with Gasteiger partial charge in [0.05, 0.1) is 16.8 Å². The molecule has 0 saturated heterocycles. The number of hydrogen-bond donors (Lipinski definition) is 2. The third kappa shape index (κ3) is 3.48. The second kappa shape index (κ2) is 7.59. The standard InChI is InChI=1S/C20H18FN3O4/c1-3-22-17(25)11(2)23-18(26)12-4-9-15-16(10-12)20(28)24(19(15)27)14-7-5-13(21)6-8-14/h4-11H,3H2,1-2H3,(H,22,25)(H,23,26)/t11-/m0/s1. The van der Waals surface area contributed by atoms with Crippen molar-refractivity contribution in [3.8, 4) is 0 Å². The summed E-state index contributed by atoms with van der Waals surface area (Å²) in [5, 5.41) is 5.14. The van der Waals surface area contributed by atoms with Crippen LogP contribution in [0.15, 0.2) is 42.5 Å². The van der Waals surface area contributed by atoms with Crippen molar-refractivity contribution in [2.45, 2.75) is 19.9 Å². The highest BCUT2D eigenvalue weighted by molar-refractivity contribution is 6.34. The predicted molar refractivity (Wildman–Crippen MR) is 99.6 cm³/mol. The Bertz CT molecular complexity index is 972. The van der Waals surface area contributed by atoms with Gasteiger partial charge in [0.25, 0.3) is 17.7 Å². The molecule has 1 atom stereocenters. The Kier molecular flexibility index (Phi) is 5.21. The number of carbonyl (C=O) groups is 4. The number of benzene rings is 2.